The van der Waals surface area contributed by atoms with E-state index in [4.69, 9.17) is 10.00 Å². The number of hydrogen-bond donors (Lipinski definition) is 1. The summed E-state index contributed by atoms with van der Waals surface area (Å²) in [7, 11) is 0. The second-order valence-electron chi connectivity index (χ2n) is 7.34. The van der Waals surface area contributed by atoms with Crippen LogP contribution in [-0.4, -0.2) is 41.9 Å². The van der Waals surface area contributed by atoms with Gasteiger partial charge in [-0.15, -0.1) is 0 Å². The predicted molar refractivity (Wildman–Crippen MR) is 117 cm³/mol. The fraction of sp³-hybridized carbons (Fsp3) is 0.333. The quantitative estimate of drug-likeness (QED) is 0.657. The van der Waals surface area contributed by atoms with Gasteiger partial charge in [0.15, 0.2) is 6.61 Å². The Kier molecular flexibility index (Phi) is 8.33. The summed E-state index contributed by atoms with van der Waals surface area (Å²) in [6, 6.07) is 13.4. The van der Waals surface area contributed by atoms with Crippen molar-refractivity contribution in [2.45, 2.75) is 40.2 Å². The Morgan fingerprint density at radius 2 is 1.87 bits per heavy atom. The van der Waals surface area contributed by atoms with Crippen molar-refractivity contribution in [1.29, 1.82) is 5.26 Å². The summed E-state index contributed by atoms with van der Waals surface area (Å²) in [6.45, 7) is 6.98. The zero-order valence-electron chi connectivity index (χ0n) is 18.3. The molecule has 0 aromatic heterocycles. The van der Waals surface area contributed by atoms with E-state index in [-0.39, 0.29) is 24.1 Å². The molecule has 0 aliphatic rings. The summed E-state index contributed by atoms with van der Waals surface area (Å²) in [5, 5.41) is 11.8. The molecule has 0 aliphatic carbocycles. The molecule has 1 atom stereocenters. The van der Waals surface area contributed by atoms with Gasteiger partial charge in [0.25, 0.3) is 5.91 Å². The number of carbonyl (C=O) groups excluding carboxylic acids is 3. The van der Waals surface area contributed by atoms with Gasteiger partial charge in [0.05, 0.1) is 17.2 Å². The minimum atomic E-state index is -0.700. The van der Waals surface area contributed by atoms with E-state index in [1.165, 1.54) is 17.0 Å². The first kappa shape index (κ1) is 23.6. The van der Waals surface area contributed by atoms with Gasteiger partial charge in [0.2, 0.25) is 5.91 Å². The zero-order chi connectivity index (χ0) is 23.0. The number of nitrogens with zero attached hydrogens (tertiary/aromatic N) is 2. The van der Waals surface area contributed by atoms with Crippen LogP contribution in [0.4, 0.5) is 5.69 Å². The van der Waals surface area contributed by atoms with Crippen molar-refractivity contribution in [2.75, 3.05) is 18.5 Å². The molecule has 0 aliphatic heterocycles. The van der Waals surface area contributed by atoms with E-state index >= 15 is 0 Å². The van der Waals surface area contributed by atoms with Crippen LogP contribution in [0.3, 0.4) is 0 Å². The summed E-state index contributed by atoms with van der Waals surface area (Å²) >= 11 is 0. The number of anilines is 1. The van der Waals surface area contributed by atoms with Crippen molar-refractivity contribution in [3.05, 3.63) is 64.7 Å². The monoisotopic (exact) mass is 421 g/mol. The van der Waals surface area contributed by atoms with E-state index in [9.17, 15) is 14.4 Å². The van der Waals surface area contributed by atoms with Crippen molar-refractivity contribution < 1.29 is 19.1 Å². The standard InChI is InChI=1S/C24H27N3O4/c1-5-17(3)27(14-22(28)26-21-11-6-8-16(2)18(21)4)23(29)15-31-24(30)20-10-7-9-19(12-20)13-25/h6-12,17H,5,14-15H2,1-4H3,(H,26,28)/t17-/m1/s1. The molecule has 162 valence electrons. The van der Waals surface area contributed by atoms with E-state index in [0.29, 0.717) is 17.7 Å². The first-order valence-corrected chi connectivity index (χ1v) is 10.1. The Hall–Kier alpha value is -3.66. The number of esters is 1. The van der Waals surface area contributed by atoms with Gasteiger partial charge in [-0.2, -0.15) is 5.26 Å². The Labute approximate surface area is 182 Å². The van der Waals surface area contributed by atoms with Gasteiger partial charge in [0.1, 0.15) is 6.54 Å². The lowest BCUT2D eigenvalue weighted by atomic mass is 10.1. The number of aryl methyl sites for hydroxylation is 1. The fourth-order valence-electron chi connectivity index (χ4n) is 2.95. The summed E-state index contributed by atoms with van der Waals surface area (Å²) in [4.78, 5) is 39.0. The maximum atomic E-state index is 12.7. The van der Waals surface area contributed by atoms with Gasteiger partial charge >= 0.3 is 5.97 Å². The maximum Gasteiger partial charge on any atom is 0.338 e. The van der Waals surface area contributed by atoms with Crippen LogP contribution in [0.1, 0.15) is 47.3 Å². The van der Waals surface area contributed by atoms with Crippen LogP contribution >= 0.6 is 0 Å². The normalized spacial score (nSPS) is 11.2. The average Bonchev–Trinajstić information content (AvgIpc) is 2.78. The minimum Gasteiger partial charge on any atom is -0.452 e. The molecule has 0 saturated heterocycles. The number of nitrogens with one attached hydrogen (secondary N) is 1. The number of amides is 2. The van der Waals surface area contributed by atoms with Crippen LogP contribution in [0.25, 0.3) is 0 Å². The summed E-state index contributed by atoms with van der Waals surface area (Å²) in [5.41, 5.74) is 3.23. The van der Waals surface area contributed by atoms with Crippen LogP contribution < -0.4 is 5.32 Å². The highest BCUT2D eigenvalue weighted by Crippen LogP contribution is 2.18. The largest absolute Gasteiger partial charge is 0.452 e. The third kappa shape index (κ3) is 6.41. The molecule has 31 heavy (non-hydrogen) atoms. The molecule has 2 rings (SSSR count). The van der Waals surface area contributed by atoms with Gasteiger partial charge in [-0.3, -0.25) is 9.59 Å². The molecule has 0 unspecified atom stereocenters. The van der Waals surface area contributed by atoms with Gasteiger partial charge in [-0.25, -0.2) is 4.79 Å². The third-order valence-corrected chi connectivity index (χ3v) is 5.19. The third-order valence-electron chi connectivity index (χ3n) is 5.19. The number of nitriles is 1. The van der Waals surface area contributed by atoms with Crippen molar-refractivity contribution in [1.82, 2.24) is 4.90 Å². The highest BCUT2D eigenvalue weighted by Gasteiger charge is 2.23. The lowest BCUT2D eigenvalue weighted by Crippen LogP contribution is -2.45. The van der Waals surface area contributed by atoms with Gasteiger partial charge < -0.3 is 15.0 Å². The summed E-state index contributed by atoms with van der Waals surface area (Å²) in [5.74, 6) is -1.49. The molecule has 7 heteroatoms. The van der Waals surface area contributed by atoms with E-state index in [2.05, 4.69) is 5.32 Å². The molecule has 1 N–H and O–H groups in total. The molecule has 2 aromatic carbocycles. The van der Waals surface area contributed by atoms with Crippen LogP contribution in [-0.2, 0) is 14.3 Å². The maximum absolute atomic E-state index is 12.7. The Morgan fingerprint density at radius 1 is 1.16 bits per heavy atom. The van der Waals surface area contributed by atoms with E-state index < -0.39 is 18.5 Å². The first-order chi connectivity index (χ1) is 14.8. The van der Waals surface area contributed by atoms with E-state index in [1.54, 1.807) is 12.1 Å². The molecule has 0 bridgehead atoms. The Bertz CT molecular complexity index is 1010. The minimum absolute atomic E-state index is 0.150. The van der Waals surface area contributed by atoms with Gasteiger partial charge in [-0.1, -0.05) is 25.1 Å². The molecule has 0 radical (unpaired) electrons. The lowest BCUT2D eigenvalue weighted by molar-refractivity contribution is -0.139. The van der Waals surface area contributed by atoms with Crippen LogP contribution in [0, 0.1) is 25.2 Å². The molecule has 2 aromatic rings. The SMILES string of the molecule is CC[C@@H](C)N(CC(=O)Nc1cccc(C)c1C)C(=O)COC(=O)c1cccc(C#N)c1. The first-order valence-electron chi connectivity index (χ1n) is 10.1. The van der Waals surface area contributed by atoms with E-state index in [1.807, 2.05) is 52.0 Å². The number of rotatable bonds is 8. The Balaban J connectivity index is 2.03. The highest BCUT2D eigenvalue weighted by molar-refractivity contribution is 5.96. The lowest BCUT2D eigenvalue weighted by Gasteiger charge is -2.28. The average molecular weight is 421 g/mol. The summed E-state index contributed by atoms with van der Waals surface area (Å²) < 4.78 is 5.13. The zero-order valence-corrected chi connectivity index (χ0v) is 18.3. The smallest absolute Gasteiger partial charge is 0.338 e. The van der Waals surface area contributed by atoms with Crippen LogP contribution in [0.2, 0.25) is 0 Å². The fourth-order valence-corrected chi connectivity index (χ4v) is 2.95. The molecular formula is C24H27N3O4. The van der Waals surface area contributed by atoms with Crippen LogP contribution in [0.15, 0.2) is 42.5 Å². The molecule has 0 saturated carbocycles. The van der Waals surface area contributed by atoms with Gasteiger partial charge in [0, 0.05) is 11.7 Å². The second kappa shape index (κ2) is 10.9. The van der Waals surface area contributed by atoms with Crippen LogP contribution in [0.5, 0.6) is 0 Å². The predicted octanol–water partition coefficient (Wildman–Crippen LogP) is 3.60. The molecule has 0 spiro atoms. The van der Waals surface area contributed by atoms with Crippen molar-refractivity contribution in [3.63, 3.8) is 0 Å². The molecule has 7 nitrogen and oxygen atoms in total. The molecular weight excluding hydrogens is 394 g/mol. The van der Waals surface area contributed by atoms with Gasteiger partial charge in [-0.05, 0) is 62.6 Å². The number of carbonyl (C=O) groups is 3. The number of hydrogen-bond acceptors (Lipinski definition) is 5. The Morgan fingerprint density at radius 3 is 2.55 bits per heavy atom. The number of benzene rings is 2. The van der Waals surface area contributed by atoms with E-state index in [0.717, 1.165) is 11.1 Å². The van der Waals surface area contributed by atoms with Crippen molar-refractivity contribution in [2.24, 2.45) is 0 Å². The van der Waals surface area contributed by atoms with Crippen molar-refractivity contribution in [3.8, 4) is 6.07 Å². The molecule has 2 amide bonds. The highest BCUT2D eigenvalue weighted by atomic mass is 16.5. The van der Waals surface area contributed by atoms with Crippen molar-refractivity contribution >= 4 is 23.5 Å². The topological polar surface area (TPSA) is 99.5 Å². The molecule has 0 fully saturated rings. The number of ether oxygens (including phenoxy) is 1. The second-order valence-corrected chi connectivity index (χ2v) is 7.34. The summed E-state index contributed by atoms with van der Waals surface area (Å²) in [6.07, 6.45) is 0.640. The molecule has 0 heterocycles.